The molecule has 1 N–H and O–H groups in total. The van der Waals surface area contributed by atoms with Gasteiger partial charge in [0.1, 0.15) is 5.82 Å². The molecule has 2 aromatic rings. The third kappa shape index (κ3) is 2.31. The molecule has 2 heterocycles. The normalized spacial score (nSPS) is 13.9. The lowest BCUT2D eigenvalue weighted by atomic mass is 10.1. The number of amides is 2. The summed E-state index contributed by atoms with van der Waals surface area (Å²) in [6.45, 7) is 0.177. The number of aromatic nitrogens is 2. The van der Waals surface area contributed by atoms with Crippen LogP contribution in [0.2, 0.25) is 0 Å². The van der Waals surface area contributed by atoms with E-state index in [4.69, 9.17) is 0 Å². The first-order valence-electron chi connectivity index (χ1n) is 6.41. The van der Waals surface area contributed by atoms with Crippen molar-refractivity contribution in [2.45, 2.75) is 12.8 Å². The van der Waals surface area contributed by atoms with Gasteiger partial charge in [0.05, 0.1) is 11.1 Å². The third-order valence-electron chi connectivity index (χ3n) is 3.36. The number of hydrogen-bond acceptors (Lipinski definition) is 3. The van der Waals surface area contributed by atoms with Gasteiger partial charge in [-0.1, -0.05) is 0 Å². The lowest BCUT2D eigenvalue weighted by molar-refractivity contribution is 0.0652. The number of carbonyl (C=O) groups excluding carboxylic acids is 2. The number of imidazole rings is 1. The average Bonchev–Trinajstić information content (AvgIpc) is 3.04. The highest BCUT2D eigenvalue weighted by Crippen LogP contribution is 2.25. The molecule has 0 unspecified atom stereocenters. The van der Waals surface area contributed by atoms with Gasteiger partial charge in [0.2, 0.25) is 0 Å². The van der Waals surface area contributed by atoms with Crippen molar-refractivity contribution >= 4 is 11.8 Å². The molecule has 0 atom stereocenters. The molecule has 1 aliphatic heterocycles. The van der Waals surface area contributed by atoms with E-state index < -0.39 is 23.4 Å². The Labute approximate surface area is 118 Å². The number of hydrogen-bond donors (Lipinski definition) is 1. The average molecular weight is 291 g/mol. The van der Waals surface area contributed by atoms with Crippen LogP contribution in [-0.2, 0) is 6.42 Å². The maximum atomic E-state index is 13.2. The molecule has 1 aromatic heterocycles. The number of nitrogens with zero attached hydrogens (tertiary/aromatic N) is 2. The summed E-state index contributed by atoms with van der Waals surface area (Å²) in [5, 5.41) is 0. The van der Waals surface area contributed by atoms with Gasteiger partial charge in [-0.3, -0.25) is 14.5 Å². The van der Waals surface area contributed by atoms with Crippen molar-refractivity contribution in [2.24, 2.45) is 0 Å². The van der Waals surface area contributed by atoms with Gasteiger partial charge in [-0.05, 0) is 18.6 Å². The highest BCUT2D eigenvalue weighted by molar-refractivity contribution is 6.21. The molecule has 1 aromatic carbocycles. The van der Waals surface area contributed by atoms with E-state index in [2.05, 4.69) is 9.97 Å². The van der Waals surface area contributed by atoms with E-state index in [1.807, 2.05) is 0 Å². The number of nitrogens with one attached hydrogen (secondary N) is 1. The minimum Gasteiger partial charge on any atom is -0.349 e. The predicted molar refractivity (Wildman–Crippen MR) is 68.6 cm³/mol. The van der Waals surface area contributed by atoms with E-state index in [0.29, 0.717) is 12.8 Å². The van der Waals surface area contributed by atoms with Gasteiger partial charge in [0.25, 0.3) is 11.8 Å². The SMILES string of the molecule is O=C1c2cc(F)c(F)cc2C(=O)N1CCCc1ncc[nH]1. The van der Waals surface area contributed by atoms with E-state index in [-0.39, 0.29) is 17.7 Å². The van der Waals surface area contributed by atoms with Crippen LogP contribution < -0.4 is 0 Å². The summed E-state index contributed by atoms with van der Waals surface area (Å²) < 4.78 is 26.3. The van der Waals surface area contributed by atoms with Crippen molar-refractivity contribution in [2.75, 3.05) is 6.54 Å². The molecule has 0 bridgehead atoms. The molecule has 108 valence electrons. The Morgan fingerprint density at radius 1 is 1.10 bits per heavy atom. The van der Waals surface area contributed by atoms with Gasteiger partial charge >= 0.3 is 0 Å². The smallest absolute Gasteiger partial charge is 0.261 e. The van der Waals surface area contributed by atoms with E-state index in [1.54, 1.807) is 12.4 Å². The number of aromatic amines is 1. The molecule has 3 rings (SSSR count). The largest absolute Gasteiger partial charge is 0.349 e. The van der Waals surface area contributed by atoms with Gasteiger partial charge in [-0.15, -0.1) is 0 Å². The van der Waals surface area contributed by atoms with Crippen LogP contribution in [0, 0.1) is 11.6 Å². The van der Waals surface area contributed by atoms with Crippen LogP contribution in [0.1, 0.15) is 33.0 Å². The summed E-state index contributed by atoms with van der Waals surface area (Å²) in [6.07, 6.45) is 4.39. The molecule has 0 fully saturated rings. The number of benzene rings is 1. The summed E-state index contributed by atoms with van der Waals surface area (Å²) in [5.41, 5.74) is -0.172. The Balaban J connectivity index is 1.73. The fraction of sp³-hybridized carbons (Fsp3) is 0.214. The van der Waals surface area contributed by atoms with Crippen LogP contribution in [-0.4, -0.2) is 33.2 Å². The Morgan fingerprint density at radius 3 is 2.24 bits per heavy atom. The topological polar surface area (TPSA) is 66.1 Å². The Kier molecular flexibility index (Phi) is 3.25. The molecule has 0 saturated carbocycles. The molecule has 0 spiro atoms. The molecule has 1 aliphatic rings. The number of fused-ring (bicyclic) bond motifs is 1. The van der Waals surface area contributed by atoms with E-state index in [0.717, 1.165) is 22.9 Å². The zero-order chi connectivity index (χ0) is 15.0. The number of H-pyrrole nitrogens is 1. The Morgan fingerprint density at radius 2 is 1.71 bits per heavy atom. The molecule has 21 heavy (non-hydrogen) atoms. The first kappa shape index (κ1) is 13.4. The van der Waals surface area contributed by atoms with Crippen molar-refractivity contribution in [3.8, 4) is 0 Å². The van der Waals surface area contributed by atoms with E-state index in [9.17, 15) is 18.4 Å². The second-order valence-corrected chi connectivity index (χ2v) is 4.71. The minimum atomic E-state index is -1.13. The second-order valence-electron chi connectivity index (χ2n) is 4.71. The molecule has 0 radical (unpaired) electrons. The molecular weight excluding hydrogens is 280 g/mol. The quantitative estimate of drug-likeness (QED) is 0.875. The van der Waals surface area contributed by atoms with Crippen molar-refractivity contribution in [3.63, 3.8) is 0 Å². The van der Waals surface area contributed by atoms with Crippen molar-refractivity contribution in [1.29, 1.82) is 0 Å². The summed E-state index contributed by atoms with van der Waals surface area (Å²) in [7, 11) is 0. The third-order valence-corrected chi connectivity index (χ3v) is 3.36. The van der Waals surface area contributed by atoms with Gasteiger partial charge in [-0.2, -0.15) is 0 Å². The predicted octanol–water partition coefficient (Wildman–Crippen LogP) is 1.92. The summed E-state index contributed by atoms with van der Waals surface area (Å²) in [5.74, 6) is -2.69. The van der Waals surface area contributed by atoms with Crippen molar-refractivity contribution < 1.29 is 18.4 Å². The van der Waals surface area contributed by atoms with Crippen LogP contribution in [0.15, 0.2) is 24.5 Å². The number of carbonyl (C=O) groups is 2. The van der Waals surface area contributed by atoms with Gasteiger partial charge < -0.3 is 4.98 Å². The monoisotopic (exact) mass is 291 g/mol. The molecule has 2 amide bonds. The fourth-order valence-electron chi connectivity index (χ4n) is 2.33. The Bertz CT molecular complexity index is 672. The molecule has 0 aliphatic carbocycles. The lowest BCUT2D eigenvalue weighted by Crippen LogP contribution is -2.31. The summed E-state index contributed by atoms with van der Waals surface area (Å²) in [6, 6.07) is 1.55. The van der Waals surface area contributed by atoms with E-state index >= 15 is 0 Å². The molecular formula is C14H11F2N3O2. The van der Waals surface area contributed by atoms with E-state index in [1.165, 1.54) is 0 Å². The zero-order valence-corrected chi connectivity index (χ0v) is 10.9. The second kappa shape index (κ2) is 5.08. The van der Waals surface area contributed by atoms with Crippen LogP contribution in [0.4, 0.5) is 8.78 Å². The van der Waals surface area contributed by atoms with Crippen molar-refractivity contribution in [1.82, 2.24) is 14.9 Å². The number of imide groups is 1. The standard InChI is InChI=1S/C14H11F2N3O2/c15-10-6-8-9(7-11(10)16)14(21)19(13(8)20)5-1-2-12-17-3-4-18-12/h3-4,6-7H,1-2,5H2,(H,17,18). The van der Waals surface area contributed by atoms with Gasteiger partial charge in [0.15, 0.2) is 11.6 Å². The fourth-order valence-corrected chi connectivity index (χ4v) is 2.33. The van der Waals surface area contributed by atoms with Crippen molar-refractivity contribution in [3.05, 3.63) is 53.1 Å². The number of rotatable bonds is 4. The Hall–Kier alpha value is -2.57. The number of aryl methyl sites for hydroxylation is 1. The minimum absolute atomic E-state index is 0.0862. The van der Waals surface area contributed by atoms with Crippen LogP contribution in [0.3, 0.4) is 0 Å². The highest BCUT2D eigenvalue weighted by atomic mass is 19.2. The van der Waals surface area contributed by atoms with Crippen LogP contribution in [0.25, 0.3) is 0 Å². The molecule has 7 heteroatoms. The first-order valence-corrected chi connectivity index (χ1v) is 6.41. The summed E-state index contributed by atoms with van der Waals surface area (Å²) >= 11 is 0. The number of halogens is 2. The van der Waals surface area contributed by atoms with Gasteiger partial charge in [0, 0.05) is 25.4 Å². The molecule has 5 nitrogen and oxygen atoms in total. The first-order chi connectivity index (χ1) is 10.1. The van der Waals surface area contributed by atoms with Crippen LogP contribution in [0.5, 0.6) is 0 Å². The summed E-state index contributed by atoms with van der Waals surface area (Å²) in [4.78, 5) is 32.1. The molecule has 0 saturated heterocycles. The zero-order valence-electron chi connectivity index (χ0n) is 10.9. The lowest BCUT2D eigenvalue weighted by Gasteiger charge is -2.12. The van der Waals surface area contributed by atoms with Gasteiger partial charge in [-0.25, -0.2) is 13.8 Å². The maximum Gasteiger partial charge on any atom is 0.261 e. The maximum absolute atomic E-state index is 13.2. The van der Waals surface area contributed by atoms with Crippen LogP contribution >= 0.6 is 0 Å². The highest BCUT2D eigenvalue weighted by Gasteiger charge is 2.36.